The molecule has 17 heavy (non-hydrogen) atoms. The Balaban J connectivity index is -0.000000212. The fourth-order valence-electron chi connectivity index (χ4n) is 1.51. The minimum absolute atomic E-state index is 1.30. The van der Waals surface area contributed by atoms with E-state index >= 15 is 0 Å². The zero-order valence-corrected chi connectivity index (χ0v) is 12.6. The second kappa shape index (κ2) is 20.2. The van der Waals surface area contributed by atoms with Crippen molar-refractivity contribution in [2.75, 3.05) is 0 Å². The number of rotatable bonds is 0. The SMILES string of the molecule is C#C.CC.CC.CC.c1ccc2c(c1)CCC2. The molecule has 0 saturated heterocycles. The monoisotopic (exact) mass is 234 g/mol. The third-order valence-electron chi connectivity index (χ3n) is 2.01. The number of hydrogen-bond acceptors (Lipinski definition) is 0. The second-order valence-corrected chi connectivity index (χ2v) is 2.62. The molecule has 0 amide bonds. The first-order valence-corrected chi connectivity index (χ1v) is 6.87. The van der Waals surface area contributed by atoms with E-state index in [2.05, 4.69) is 37.1 Å². The summed E-state index contributed by atoms with van der Waals surface area (Å²) in [6, 6.07) is 8.74. The van der Waals surface area contributed by atoms with Crippen molar-refractivity contribution >= 4 is 0 Å². The van der Waals surface area contributed by atoms with Crippen molar-refractivity contribution in [3.05, 3.63) is 35.4 Å². The molecule has 0 N–H and O–H groups in total. The molecule has 1 aliphatic rings. The van der Waals surface area contributed by atoms with Gasteiger partial charge >= 0.3 is 0 Å². The molecule has 0 unspecified atom stereocenters. The fourth-order valence-corrected chi connectivity index (χ4v) is 1.51. The molecule has 0 atom stereocenters. The first-order valence-electron chi connectivity index (χ1n) is 6.87. The summed E-state index contributed by atoms with van der Waals surface area (Å²) < 4.78 is 0. The maximum atomic E-state index is 4.00. The van der Waals surface area contributed by atoms with Gasteiger partial charge in [0.25, 0.3) is 0 Å². The maximum absolute atomic E-state index is 4.00. The molecule has 0 radical (unpaired) electrons. The van der Waals surface area contributed by atoms with Crippen LogP contribution < -0.4 is 0 Å². The lowest BCUT2D eigenvalue weighted by molar-refractivity contribution is 0.912. The Morgan fingerprint density at radius 2 is 1.00 bits per heavy atom. The zero-order chi connectivity index (χ0) is 14.1. The summed E-state index contributed by atoms with van der Waals surface area (Å²) in [5.74, 6) is 0. The Morgan fingerprint density at radius 3 is 1.29 bits per heavy atom. The molecule has 0 nitrogen and oxygen atoms in total. The molecular formula is C17H30. The number of benzene rings is 1. The van der Waals surface area contributed by atoms with E-state index in [1.807, 2.05) is 41.5 Å². The largest absolute Gasteiger partial charge is 0.124 e. The Hall–Kier alpha value is -1.22. The topological polar surface area (TPSA) is 0 Å². The summed E-state index contributed by atoms with van der Waals surface area (Å²) in [6.07, 6.45) is 12.0. The van der Waals surface area contributed by atoms with Gasteiger partial charge in [-0.05, 0) is 30.4 Å². The summed E-state index contributed by atoms with van der Waals surface area (Å²) in [4.78, 5) is 0. The minimum atomic E-state index is 1.30. The number of terminal acetylenes is 1. The molecule has 98 valence electrons. The molecule has 1 aromatic carbocycles. The van der Waals surface area contributed by atoms with Gasteiger partial charge < -0.3 is 0 Å². The van der Waals surface area contributed by atoms with E-state index in [-0.39, 0.29) is 0 Å². The number of fused-ring (bicyclic) bond motifs is 1. The van der Waals surface area contributed by atoms with Crippen LogP contribution in [0.15, 0.2) is 24.3 Å². The predicted molar refractivity (Wildman–Crippen MR) is 82.4 cm³/mol. The minimum Gasteiger partial charge on any atom is -0.124 e. The van der Waals surface area contributed by atoms with Crippen LogP contribution >= 0.6 is 0 Å². The molecule has 0 fully saturated rings. The van der Waals surface area contributed by atoms with Gasteiger partial charge in [0.15, 0.2) is 0 Å². The number of hydrogen-bond donors (Lipinski definition) is 0. The summed E-state index contributed by atoms with van der Waals surface area (Å²) >= 11 is 0. The molecule has 0 aromatic heterocycles. The smallest absolute Gasteiger partial charge is 0.0273 e. The van der Waals surface area contributed by atoms with Crippen LogP contribution in [0.5, 0.6) is 0 Å². The van der Waals surface area contributed by atoms with Crippen molar-refractivity contribution < 1.29 is 0 Å². The van der Waals surface area contributed by atoms with E-state index < -0.39 is 0 Å². The number of aryl methyl sites for hydroxylation is 2. The zero-order valence-electron chi connectivity index (χ0n) is 12.6. The Bertz CT molecular complexity index is 222. The van der Waals surface area contributed by atoms with E-state index in [9.17, 15) is 0 Å². The first kappa shape index (κ1) is 21.1. The highest BCUT2D eigenvalue weighted by atomic mass is 14.1. The Kier molecular flexibility index (Phi) is 25.1. The molecular weight excluding hydrogens is 204 g/mol. The predicted octanol–water partition coefficient (Wildman–Crippen LogP) is 5.50. The van der Waals surface area contributed by atoms with Crippen molar-refractivity contribution in [3.8, 4) is 12.8 Å². The van der Waals surface area contributed by atoms with Crippen LogP contribution in [0.25, 0.3) is 0 Å². The molecule has 2 rings (SSSR count). The molecule has 1 aromatic rings. The van der Waals surface area contributed by atoms with Gasteiger partial charge in [-0.15, -0.1) is 12.8 Å². The van der Waals surface area contributed by atoms with E-state index in [1.54, 1.807) is 11.1 Å². The van der Waals surface area contributed by atoms with Gasteiger partial charge in [-0.1, -0.05) is 65.8 Å². The van der Waals surface area contributed by atoms with Crippen LogP contribution in [0, 0.1) is 12.8 Å². The second-order valence-electron chi connectivity index (χ2n) is 2.62. The molecule has 0 saturated carbocycles. The van der Waals surface area contributed by atoms with Crippen LogP contribution in [0.1, 0.15) is 59.1 Å². The quantitative estimate of drug-likeness (QED) is 0.520. The summed E-state index contributed by atoms with van der Waals surface area (Å²) in [5, 5.41) is 0. The lowest BCUT2D eigenvalue weighted by atomic mass is 10.1. The Morgan fingerprint density at radius 1 is 0.706 bits per heavy atom. The molecule has 0 heteroatoms. The van der Waals surface area contributed by atoms with E-state index in [4.69, 9.17) is 0 Å². The van der Waals surface area contributed by atoms with Crippen LogP contribution in [0.2, 0.25) is 0 Å². The molecule has 0 aliphatic heterocycles. The van der Waals surface area contributed by atoms with Crippen LogP contribution in [-0.4, -0.2) is 0 Å². The van der Waals surface area contributed by atoms with Crippen LogP contribution in [0.3, 0.4) is 0 Å². The Labute approximate surface area is 109 Å². The van der Waals surface area contributed by atoms with Gasteiger partial charge in [0.05, 0.1) is 0 Å². The van der Waals surface area contributed by atoms with Gasteiger partial charge in [-0.2, -0.15) is 0 Å². The van der Waals surface area contributed by atoms with Crippen LogP contribution in [0.4, 0.5) is 0 Å². The van der Waals surface area contributed by atoms with Gasteiger partial charge in [0.1, 0.15) is 0 Å². The van der Waals surface area contributed by atoms with Gasteiger partial charge in [-0.3, -0.25) is 0 Å². The van der Waals surface area contributed by atoms with Crippen molar-refractivity contribution in [2.45, 2.75) is 60.8 Å². The lowest BCUT2D eigenvalue weighted by Crippen LogP contribution is -1.77. The van der Waals surface area contributed by atoms with E-state index in [0.29, 0.717) is 0 Å². The molecule has 0 bridgehead atoms. The molecule has 0 heterocycles. The van der Waals surface area contributed by atoms with Crippen LogP contribution in [-0.2, 0) is 12.8 Å². The third-order valence-corrected chi connectivity index (χ3v) is 2.01. The van der Waals surface area contributed by atoms with Crippen molar-refractivity contribution in [1.29, 1.82) is 0 Å². The highest BCUT2D eigenvalue weighted by Gasteiger charge is 2.07. The summed E-state index contributed by atoms with van der Waals surface area (Å²) in [5.41, 5.74) is 3.13. The lowest BCUT2D eigenvalue weighted by Gasteiger charge is -1.93. The van der Waals surface area contributed by atoms with Gasteiger partial charge in [0, 0.05) is 0 Å². The maximum Gasteiger partial charge on any atom is -0.0273 e. The highest BCUT2D eigenvalue weighted by Crippen LogP contribution is 2.20. The van der Waals surface area contributed by atoms with E-state index in [1.165, 1.54) is 19.3 Å². The average Bonchev–Trinajstić information content (AvgIpc) is 2.96. The summed E-state index contributed by atoms with van der Waals surface area (Å²) in [6.45, 7) is 12.0. The van der Waals surface area contributed by atoms with Gasteiger partial charge in [0.2, 0.25) is 0 Å². The van der Waals surface area contributed by atoms with Crippen molar-refractivity contribution in [3.63, 3.8) is 0 Å². The molecule has 1 aliphatic carbocycles. The normalized spacial score (nSPS) is 9.41. The third kappa shape index (κ3) is 9.69. The molecule has 0 spiro atoms. The van der Waals surface area contributed by atoms with Gasteiger partial charge in [-0.25, -0.2) is 0 Å². The van der Waals surface area contributed by atoms with E-state index in [0.717, 1.165) is 0 Å². The first-order chi connectivity index (χ1) is 8.47. The summed E-state index contributed by atoms with van der Waals surface area (Å²) in [7, 11) is 0. The highest BCUT2D eigenvalue weighted by molar-refractivity contribution is 5.30. The van der Waals surface area contributed by atoms with Crippen molar-refractivity contribution in [1.82, 2.24) is 0 Å². The fraction of sp³-hybridized carbons (Fsp3) is 0.529. The standard InChI is InChI=1S/C9H10.3C2H6.C2H2/c1-2-5-9-7-3-6-8(9)4-1;4*1-2/h1-2,4-5H,3,6-7H2;3*1-2H3;1-2H. The van der Waals surface area contributed by atoms with Crippen molar-refractivity contribution in [2.24, 2.45) is 0 Å². The average molecular weight is 234 g/mol.